The van der Waals surface area contributed by atoms with E-state index in [9.17, 15) is 9.59 Å². The van der Waals surface area contributed by atoms with Gasteiger partial charge in [-0.25, -0.2) is 0 Å². The molecular formula is C26H27NO2. The smallest absolute Gasteiger partial charge is 0.261 e. The van der Waals surface area contributed by atoms with Gasteiger partial charge in [-0.15, -0.1) is 0 Å². The van der Waals surface area contributed by atoms with E-state index >= 15 is 0 Å². The Bertz CT molecular complexity index is 1060. The lowest BCUT2D eigenvalue weighted by Crippen LogP contribution is -2.27. The first kappa shape index (κ1) is 20.5. The zero-order valence-corrected chi connectivity index (χ0v) is 17.7. The van der Waals surface area contributed by atoms with Gasteiger partial charge < -0.3 is 0 Å². The first-order valence-electron chi connectivity index (χ1n) is 9.91. The van der Waals surface area contributed by atoms with Crippen LogP contribution in [0, 0.1) is 6.92 Å². The summed E-state index contributed by atoms with van der Waals surface area (Å²) >= 11 is 0. The van der Waals surface area contributed by atoms with Gasteiger partial charge >= 0.3 is 0 Å². The Hall–Kier alpha value is -3.20. The lowest BCUT2D eigenvalue weighted by molar-refractivity contribution is -0.135. The number of hydrogen-bond acceptors (Lipinski definition) is 2. The summed E-state index contributed by atoms with van der Waals surface area (Å²) in [5.74, 6) is -0.508. The number of aryl methyl sites for hydroxylation is 1. The molecule has 0 N–H and O–H groups in total. The van der Waals surface area contributed by atoms with Crippen LogP contribution >= 0.6 is 0 Å². The van der Waals surface area contributed by atoms with Gasteiger partial charge in [0.1, 0.15) is 0 Å². The van der Waals surface area contributed by atoms with Crippen LogP contribution in [-0.2, 0) is 9.59 Å². The maximum Gasteiger partial charge on any atom is 0.261 e. The van der Waals surface area contributed by atoms with Crippen LogP contribution in [0.15, 0.2) is 88.6 Å². The second-order valence-electron chi connectivity index (χ2n) is 7.32. The van der Waals surface area contributed by atoms with Crippen molar-refractivity contribution >= 4 is 17.4 Å². The number of rotatable bonds is 4. The van der Waals surface area contributed by atoms with Crippen LogP contribution in [0.1, 0.15) is 38.3 Å². The summed E-state index contributed by atoms with van der Waals surface area (Å²) in [7, 11) is 1.56. The molecule has 0 saturated heterocycles. The molecule has 0 aromatic heterocycles. The second kappa shape index (κ2) is 8.44. The fourth-order valence-corrected chi connectivity index (χ4v) is 3.93. The lowest BCUT2D eigenvalue weighted by atomic mass is 9.86. The third-order valence-corrected chi connectivity index (χ3v) is 5.52. The van der Waals surface area contributed by atoms with Crippen LogP contribution in [0.3, 0.4) is 0 Å². The standard InChI is InChI=1S/C26H27NO2/c1-6-19(21-15-10-8-9-13-17(21)3)23-24(26(29)27(5)25(23)28)20(7-2)22-16-12-11-14-18(22)4/h6-12,14-16H,13H2,1-5H3/b19-6+,20-7+. The first-order chi connectivity index (χ1) is 13.9. The highest BCUT2D eigenvalue weighted by atomic mass is 16.2. The molecule has 1 aliphatic carbocycles. The van der Waals surface area contributed by atoms with Crippen LogP contribution in [-0.4, -0.2) is 23.8 Å². The van der Waals surface area contributed by atoms with Crippen LogP contribution in [0.5, 0.6) is 0 Å². The minimum atomic E-state index is -0.255. The monoisotopic (exact) mass is 385 g/mol. The number of nitrogens with zero attached hydrogens (tertiary/aromatic N) is 1. The van der Waals surface area contributed by atoms with E-state index in [1.807, 2.05) is 75.4 Å². The normalized spacial score (nSPS) is 18.3. The maximum atomic E-state index is 13.2. The Balaban J connectivity index is 2.29. The molecule has 0 spiro atoms. The third-order valence-electron chi connectivity index (χ3n) is 5.52. The van der Waals surface area contributed by atoms with E-state index in [0.717, 1.165) is 34.3 Å². The second-order valence-corrected chi connectivity index (χ2v) is 7.32. The van der Waals surface area contributed by atoms with Crippen molar-refractivity contribution in [3.8, 4) is 0 Å². The number of hydrogen-bond donors (Lipinski definition) is 0. The minimum absolute atomic E-state index is 0.253. The molecule has 3 rings (SSSR count). The minimum Gasteiger partial charge on any atom is -0.277 e. The average molecular weight is 386 g/mol. The highest BCUT2D eigenvalue weighted by Crippen LogP contribution is 2.39. The van der Waals surface area contributed by atoms with Crippen LogP contribution in [0.2, 0.25) is 0 Å². The molecule has 0 unspecified atom stereocenters. The molecule has 0 radical (unpaired) electrons. The van der Waals surface area contributed by atoms with E-state index in [2.05, 4.69) is 13.0 Å². The zero-order valence-electron chi connectivity index (χ0n) is 17.7. The Morgan fingerprint density at radius 2 is 1.55 bits per heavy atom. The van der Waals surface area contributed by atoms with Crippen molar-refractivity contribution in [2.75, 3.05) is 7.05 Å². The van der Waals surface area contributed by atoms with Crippen molar-refractivity contribution in [1.29, 1.82) is 0 Å². The summed E-state index contributed by atoms with van der Waals surface area (Å²) in [6.45, 7) is 7.93. The molecule has 1 aliphatic heterocycles. The van der Waals surface area contributed by atoms with E-state index in [1.165, 1.54) is 10.5 Å². The molecule has 1 aromatic carbocycles. The summed E-state index contributed by atoms with van der Waals surface area (Å²) in [6.07, 6.45) is 12.8. The predicted octanol–water partition coefficient (Wildman–Crippen LogP) is 5.47. The van der Waals surface area contributed by atoms with Crippen molar-refractivity contribution in [3.05, 3.63) is 99.7 Å². The van der Waals surface area contributed by atoms with E-state index in [4.69, 9.17) is 0 Å². The fourth-order valence-electron chi connectivity index (χ4n) is 3.93. The molecule has 3 nitrogen and oxygen atoms in total. The van der Waals surface area contributed by atoms with E-state index < -0.39 is 0 Å². The summed E-state index contributed by atoms with van der Waals surface area (Å²) in [4.78, 5) is 27.6. The third kappa shape index (κ3) is 3.61. The van der Waals surface area contributed by atoms with Gasteiger partial charge in [-0.3, -0.25) is 14.5 Å². The Morgan fingerprint density at radius 1 is 0.931 bits per heavy atom. The van der Waals surface area contributed by atoms with Crippen molar-refractivity contribution in [3.63, 3.8) is 0 Å². The number of likely N-dealkylation sites (N-methyl/N-ethyl adjacent to an activating group) is 1. The molecule has 0 atom stereocenters. The predicted molar refractivity (Wildman–Crippen MR) is 119 cm³/mol. The van der Waals surface area contributed by atoms with Gasteiger partial charge in [-0.2, -0.15) is 0 Å². The van der Waals surface area contributed by atoms with Gasteiger partial charge in [0.25, 0.3) is 11.8 Å². The highest BCUT2D eigenvalue weighted by Gasteiger charge is 2.39. The molecule has 3 heteroatoms. The van der Waals surface area contributed by atoms with Gasteiger partial charge in [0, 0.05) is 7.05 Å². The molecule has 29 heavy (non-hydrogen) atoms. The molecule has 1 aromatic rings. The maximum absolute atomic E-state index is 13.2. The largest absolute Gasteiger partial charge is 0.277 e. The molecule has 2 aliphatic rings. The topological polar surface area (TPSA) is 37.4 Å². The Morgan fingerprint density at radius 3 is 2.17 bits per heavy atom. The quantitative estimate of drug-likeness (QED) is 0.644. The van der Waals surface area contributed by atoms with Crippen molar-refractivity contribution in [1.82, 2.24) is 4.90 Å². The number of allylic oxidation sites excluding steroid dienone is 8. The van der Waals surface area contributed by atoms with Crippen molar-refractivity contribution < 1.29 is 9.59 Å². The fraction of sp³-hybridized carbons (Fsp3) is 0.231. The Labute approximate surface area is 173 Å². The van der Waals surface area contributed by atoms with E-state index in [0.29, 0.717) is 11.1 Å². The van der Waals surface area contributed by atoms with Crippen LogP contribution < -0.4 is 0 Å². The van der Waals surface area contributed by atoms with Crippen LogP contribution in [0.25, 0.3) is 5.57 Å². The molecule has 148 valence electrons. The lowest BCUT2D eigenvalue weighted by Gasteiger charge is -2.15. The van der Waals surface area contributed by atoms with Crippen LogP contribution in [0.4, 0.5) is 0 Å². The molecule has 0 saturated carbocycles. The van der Waals surface area contributed by atoms with Gasteiger partial charge in [0.2, 0.25) is 0 Å². The number of amides is 2. The summed E-state index contributed by atoms with van der Waals surface area (Å²) in [6, 6.07) is 7.96. The van der Waals surface area contributed by atoms with Gasteiger partial charge in [-0.1, -0.05) is 66.3 Å². The zero-order chi connectivity index (χ0) is 21.1. The number of carbonyl (C=O) groups is 2. The van der Waals surface area contributed by atoms with Gasteiger partial charge in [0.05, 0.1) is 11.1 Å². The first-order valence-corrected chi connectivity index (χ1v) is 9.91. The van der Waals surface area contributed by atoms with E-state index in [1.54, 1.807) is 7.05 Å². The molecule has 0 bridgehead atoms. The molecule has 2 amide bonds. The summed E-state index contributed by atoms with van der Waals surface area (Å²) in [5.41, 5.74) is 6.79. The molecular weight excluding hydrogens is 358 g/mol. The van der Waals surface area contributed by atoms with Crippen molar-refractivity contribution in [2.45, 2.75) is 34.1 Å². The highest BCUT2D eigenvalue weighted by molar-refractivity contribution is 6.28. The number of carbonyl (C=O) groups excluding carboxylic acids is 2. The average Bonchev–Trinajstić information content (AvgIpc) is 2.86. The number of imide groups is 1. The SMILES string of the molecule is C/C=C(\C1=C(C)CC=CC=C1)C1=C(/C(=C/C)c2ccccc2C)C(=O)N(C)C1=O. The van der Waals surface area contributed by atoms with Gasteiger partial charge in [0.15, 0.2) is 0 Å². The Kier molecular flexibility index (Phi) is 5.97. The summed E-state index contributed by atoms with van der Waals surface area (Å²) in [5, 5.41) is 0. The van der Waals surface area contributed by atoms with Crippen molar-refractivity contribution in [2.24, 2.45) is 0 Å². The number of benzene rings is 1. The summed E-state index contributed by atoms with van der Waals surface area (Å²) < 4.78 is 0. The van der Waals surface area contributed by atoms with E-state index in [-0.39, 0.29) is 11.8 Å². The van der Waals surface area contributed by atoms with Gasteiger partial charge in [-0.05, 0) is 62.0 Å². The molecule has 0 fully saturated rings. The molecule has 1 heterocycles.